The number of halogens is 1. The van der Waals surface area contributed by atoms with Crippen LogP contribution in [0.5, 0.6) is 0 Å². The van der Waals surface area contributed by atoms with E-state index in [1.165, 1.54) is 24.3 Å². The highest BCUT2D eigenvalue weighted by molar-refractivity contribution is 5.27. The first-order chi connectivity index (χ1) is 4.33. The van der Waals surface area contributed by atoms with Crippen molar-refractivity contribution in [1.82, 2.24) is 0 Å². The molecule has 0 heterocycles. The van der Waals surface area contributed by atoms with Gasteiger partial charge in [0.2, 0.25) is 0 Å². The van der Waals surface area contributed by atoms with Crippen LogP contribution in [-0.2, 0) is 0 Å². The summed E-state index contributed by atoms with van der Waals surface area (Å²) in [5.41, 5.74) is 1.18. The van der Waals surface area contributed by atoms with Crippen LogP contribution in [0.3, 0.4) is 0 Å². The lowest BCUT2D eigenvalue weighted by atomic mass is 10.3. The molecule has 48 valence electrons. The van der Waals surface area contributed by atoms with Crippen LogP contribution in [-0.4, -0.2) is 0 Å². The normalized spacial score (nSPS) is 9.56. The standard InChI is InChI=1S/C6H6FNO/c7-5-1-3-6(8-9)4-2-5/h1-4H,8H2. The van der Waals surface area contributed by atoms with Crippen molar-refractivity contribution in [3.63, 3.8) is 0 Å². The summed E-state index contributed by atoms with van der Waals surface area (Å²) in [6, 6.07) is 5.37. The van der Waals surface area contributed by atoms with Gasteiger partial charge >= 0.3 is 0 Å². The van der Waals surface area contributed by atoms with Crippen LogP contribution in [0.25, 0.3) is 0 Å². The number of quaternary nitrogens is 1. The molecule has 2 N–H and O–H groups in total. The van der Waals surface area contributed by atoms with Crippen LogP contribution in [0.15, 0.2) is 24.3 Å². The van der Waals surface area contributed by atoms with Gasteiger partial charge in [-0.3, -0.25) is 0 Å². The average Bonchev–Trinajstić information content (AvgIpc) is 1.90. The Morgan fingerprint density at radius 1 is 1.22 bits per heavy atom. The molecular formula is C6H6FNO. The van der Waals surface area contributed by atoms with Crippen LogP contribution < -0.4 is 5.48 Å². The predicted molar refractivity (Wildman–Crippen MR) is 31.4 cm³/mol. The molecule has 0 saturated heterocycles. The molecule has 1 aromatic rings. The minimum atomic E-state index is -0.319. The molecule has 0 radical (unpaired) electrons. The van der Waals surface area contributed by atoms with Crippen LogP contribution in [0.2, 0.25) is 0 Å². The van der Waals surface area contributed by atoms with E-state index in [4.69, 9.17) is 0 Å². The fraction of sp³-hybridized carbons (Fsp3) is 0. The lowest BCUT2D eigenvalue weighted by molar-refractivity contribution is -0.497. The van der Waals surface area contributed by atoms with Crippen LogP contribution in [0.4, 0.5) is 10.1 Å². The quantitative estimate of drug-likeness (QED) is 0.433. The second-order valence-corrected chi connectivity index (χ2v) is 1.67. The molecule has 0 amide bonds. The molecule has 2 nitrogen and oxygen atoms in total. The van der Waals surface area contributed by atoms with Crippen molar-refractivity contribution in [2.24, 2.45) is 0 Å². The zero-order valence-corrected chi connectivity index (χ0v) is 4.67. The first kappa shape index (κ1) is 6.19. The van der Waals surface area contributed by atoms with E-state index in [1.54, 1.807) is 0 Å². The number of hydrogen-bond donors (Lipinski definition) is 1. The van der Waals surface area contributed by atoms with Crippen molar-refractivity contribution in [1.29, 1.82) is 0 Å². The van der Waals surface area contributed by atoms with E-state index in [0.717, 1.165) is 0 Å². The smallest absolute Gasteiger partial charge is 0.129 e. The second kappa shape index (κ2) is 2.57. The lowest BCUT2D eigenvalue weighted by Crippen LogP contribution is -2.70. The molecule has 1 rings (SSSR count). The molecular weight excluding hydrogens is 121 g/mol. The highest BCUT2D eigenvalue weighted by Crippen LogP contribution is 2.00. The van der Waals surface area contributed by atoms with Gasteiger partial charge in [0.25, 0.3) is 0 Å². The molecule has 3 heteroatoms. The molecule has 0 aliphatic heterocycles. The Bertz CT molecular complexity index is 185. The summed E-state index contributed by atoms with van der Waals surface area (Å²) in [7, 11) is 0. The molecule has 0 aliphatic rings. The van der Waals surface area contributed by atoms with Gasteiger partial charge in [-0.05, 0) is 12.1 Å². The Labute approximate surface area is 51.9 Å². The van der Waals surface area contributed by atoms with Crippen LogP contribution in [0.1, 0.15) is 0 Å². The number of benzene rings is 1. The Morgan fingerprint density at radius 2 is 1.78 bits per heavy atom. The summed E-state index contributed by atoms with van der Waals surface area (Å²) in [6.07, 6.45) is 0. The molecule has 0 bridgehead atoms. The molecule has 0 unspecified atom stereocenters. The first-order valence-electron chi connectivity index (χ1n) is 2.53. The summed E-state index contributed by atoms with van der Waals surface area (Å²) in [6.45, 7) is 0. The van der Waals surface area contributed by atoms with Crippen molar-refractivity contribution in [3.05, 3.63) is 35.3 Å². The summed E-state index contributed by atoms with van der Waals surface area (Å²) < 4.78 is 12.1. The van der Waals surface area contributed by atoms with Gasteiger partial charge in [0.1, 0.15) is 11.5 Å². The maximum absolute atomic E-state index is 12.1. The first-order valence-corrected chi connectivity index (χ1v) is 2.53. The largest absolute Gasteiger partial charge is 0.630 e. The van der Waals surface area contributed by atoms with Crippen LogP contribution >= 0.6 is 0 Å². The highest BCUT2D eigenvalue weighted by Gasteiger charge is 1.89. The second-order valence-electron chi connectivity index (χ2n) is 1.67. The summed E-state index contributed by atoms with van der Waals surface area (Å²) in [5, 5.41) is 10.00. The third-order valence-electron chi connectivity index (χ3n) is 1.01. The van der Waals surface area contributed by atoms with Gasteiger partial charge in [0.15, 0.2) is 0 Å². The van der Waals surface area contributed by atoms with E-state index in [1.807, 2.05) is 0 Å². The van der Waals surface area contributed by atoms with Crippen LogP contribution in [0, 0.1) is 11.0 Å². The van der Waals surface area contributed by atoms with Crippen molar-refractivity contribution in [3.8, 4) is 0 Å². The van der Waals surface area contributed by atoms with Gasteiger partial charge in [-0.15, -0.1) is 0 Å². The van der Waals surface area contributed by atoms with Gasteiger partial charge in [-0.1, -0.05) is 0 Å². The molecule has 1 aromatic carbocycles. The zero-order valence-electron chi connectivity index (χ0n) is 4.67. The topological polar surface area (TPSA) is 39.7 Å². The van der Waals surface area contributed by atoms with Crippen molar-refractivity contribution in [2.45, 2.75) is 0 Å². The SMILES string of the molecule is [O-][NH2+]c1ccc(F)cc1. The Hall–Kier alpha value is -0.930. The molecule has 0 saturated carbocycles. The summed E-state index contributed by atoms with van der Waals surface area (Å²) in [4.78, 5) is 0. The Balaban J connectivity index is 2.88. The maximum atomic E-state index is 12.1. The minimum absolute atomic E-state index is 0.319. The van der Waals surface area contributed by atoms with Crippen molar-refractivity contribution >= 4 is 5.69 Å². The van der Waals surface area contributed by atoms with E-state index < -0.39 is 0 Å². The third-order valence-corrected chi connectivity index (χ3v) is 1.01. The van der Waals surface area contributed by atoms with Gasteiger partial charge < -0.3 is 10.7 Å². The van der Waals surface area contributed by atoms with E-state index in [9.17, 15) is 9.60 Å². The Morgan fingerprint density at radius 3 is 2.22 bits per heavy atom. The van der Waals surface area contributed by atoms with Gasteiger partial charge in [0.05, 0.1) is 0 Å². The van der Waals surface area contributed by atoms with E-state index in [2.05, 4.69) is 0 Å². The lowest BCUT2D eigenvalue weighted by Gasteiger charge is -1.98. The average molecular weight is 127 g/mol. The minimum Gasteiger partial charge on any atom is -0.630 e. The third kappa shape index (κ3) is 1.48. The van der Waals surface area contributed by atoms with E-state index in [0.29, 0.717) is 11.2 Å². The highest BCUT2D eigenvalue weighted by atomic mass is 19.1. The van der Waals surface area contributed by atoms with Crippen molar-refractivity contribution in [2.75, 3.05) is 0 Å². The van der Waals surface area contributed by atoms with Gasteiger partial charge in [-0.25, -0.2) is 4.39 Å². The summed E-state index contributed by atoms with van der Waals surface area (Å²) in [5.74, 6) is -0.319. The van der Waals surface area contributed by atoms with Gasteiger partial charge in [-0.2, -0.15) is 0 Å². The molecule has 0 spiro atoms. The van der Waals surface area contributed by atoms with Gasteiger partial charge in [0, 0.05) is 12.1 Å². The molecule has 0 atom stereocenters. The van der Waals surface area contributed by atoms with E-state index in [-0.39, 0.29) is 5.82 Å². The summed E-state index contributed by atoms with van der Waals surface area (Å²) >= 11 is 0. The maximum Gasteiger partial charge on any atom is 0.129 e. The number of nitrogens with two attached hydrogens (primary N) is 1. The number of hydrogen-bond acceptors (Lipinski definition) is 1. The van der Waals surface area contributed by atoms with Crippen molar-refractivity contribution < 1.29 is 9.87 Å². The molecule has 0 aromatic heterocycles. The fourth-order valence-electron chi connectivity index (χ4n) is 0.541. The molecule has 0 aliphatic carbocycles. The molecule has 9 heavy (non-hydrogen) atoms. The number of rotatable bonds is 1. The Kier molecular flexibility index (Phi) is 1.77. The fourth-order valence-corrected chi connectivity index (χ4v) is 0.541. The zero-order chi connectivity index (χ0) is 6.69. The van der Waals surface area contributed by atoms with E-state index >= 15 is 0 Å². The monoisotopic (exact) mass is 127 g/mol. The molecule has 0 fully saturated rings. The predicted octanol–water partition coefficient (Wildman–Crippen LogP) is 0.518.